The first-order valence-electron chi connectivity index (χ1n) is 4.93. The molecule has 0 fully saturated rings. The molecule has 0 saturated carbocycles. The van der Waals surface area contributed by atoms with Crippen molar-refractivity contribution in [2.45, 2.75) is 4.90 Å². The van der Waals surface area contributed by atoms with Crippen LogP contribution in [0.2, 0.25) is 0 Å². The predicted molar refractivity (Wildman–Crippen MR) is 70.8 cm³/mol. The smallest absolute Gasteiger partial charge is 0.0509 e. The lowest BCUT2D eigenvalue weighted by atomic mass is 10.3. The molecule has 0 aliphatic rings. The molecule has 2 heteroatoms. The Kier molecular flexibility index (Phi) is 5.05. The highest BCUT2D eigenvalue weighted by Crippen LogP contribution is 2.28. The monoisotopic (exact) mass is 219 g/mol. The van der Waals surface area contributed by atoms with Crippen LogP contribution in [0.15, 0.2) is 54.5 Å². The van der Waals surface area contributed by atoms with E-state index in [1.807, 2.05) is 12.2 Å². The minimum absolute atomic E-state index is 0.851. The quantitative estimate of drug-likeness (QED) is 0.531. The van der Waals surface area contributed by atoms with Gasteiger partial charge in [-0.15, -0.1) is 24.9 Å². The average molecular weight is 219 g/mol. The summed E-state index contributed by atoms with van der Waals surface area (Å²) in [6.45, 7) is 9.26. The van der Waals surface area contributed by atoms with Gasteiger partial charge in [0, 0.05) is 18.0 Å². The Morgan fingerprint density at radius 3 is 2.33 bits per heavy atom. The molecular formula is C13H17NS. The zero-order chi connectivity index (χ0) is 11.1. The molecule has 0 radical (unpaired) electrons. The van der Waals surface area contributed by atoms with E-state index in [4.69, 9.17) is 0 Å². The molecule has 0 unspecified atom stereocenters. The summed E-state index contributed by atoms with van der Waals surface area (Å²) >= 11 is 1.77. The molecule has 0 atom stereocenters. The van der Waals surface area contributed by atoms with E-state index < -0.39 is 0 Å². The van der Waals surface area contributed by atoms with Crippen molar-refractivity contribution in [1.82, 2.24) is 0 Å². The fraction of sp³-hybridized carbons (Fsp3) is 0.231. The Morgan fingerprint density at radius 2 is 1.80 bits per heavy atom. The average Bonchev–Trinajstić information content (AvgIpc) is 2.29. The maximum absolute atomic E-state index is 3.78. The van der Waals surface area contributed by atoms with Crippen molar-refractivity contribution < 1.29 is 0 Å². The van der Waals surface area contributed by atoms with Crippen molar-refractivity contribution in [2.75, 3.05) is 24.2 Å². The van der Waals surface area contributed by atoms with Gasteiger partial charge in [-0.2, -0.15) is 0 Å². The van der Waals surface area contributed by atoms with Crippen LogP contribution >= 0.6 is 11.8 Å². The Labute approximate surface area is 96.5 Å². The fourth-order valence-corrected chi connectivity index (χ4v) is 2.09. The molecule has 0 saturated heterocycles. The van der Waals surface area contributed by atoms with Gasteiger partial charge in [-0.05, 0) is 18.4 Å². The maximum atomic E-state index is 3.78. The Bertz CT molecular complexity index is 323. The van der Waals surface area contributed by atoms with Crippen molar-refractivity contribution in [3.05, 3.63) is 49.6 Å². The lowest BCUT2D eigenvalue weighted by Crippen LogP contribution is -2.23. The second kappa shape index (κ2) is 6.36. The summed E-state index contributed by atoms with van der Waals surface area (Å²) < 4.78 is 0. The first-order chi connectivity index (χ1) is 7.33. The SMILES string of the molecule is C=CCN(CC=C)c1ccccc1SC. The van der Waals surface area contributed by atoms with Crippen LogP contribution < -0.4 is 4.90 Å². The molecule has 80 valence electrons. The summed E-state index contributed by atoms with van der Waals surface area (Å²) in [5, 5.41) is 0. The lowest BCUT2D eigenvalue weighted by molar-refractivity contribution is 0.941. The Balaban J connectivity index is 2.97. The molecule has 0 aliphatic heterocycles. The summed E-state index contributed by atoms with van der Waals surface area (Å²) in [6, 6.07) is 8.40. The maximum Gasteiger partial charge on any atom is 0.0509 e. The summed E-state index contributed by atoms with van der Waals surface area (Å²) in [6.07, 6.45) is 5.93. The Hall–Kier alpha value is -1.15. The van der Waals surface area contributed by atoms with Crippen molar-refractivity contribution in [1.29, 1.82) is 0 Å². The van der Waals surface area contributed by atoms with Gasteiger partial charge in [-0.3, -0.25) is 0 Å². The van der Waals surface area contributed by atoms with E-state index in [1.54, 1.807) is 11.8 Å². The minimum atomic E-state index is 0.851. The van der Waals surface area contributed by atoms with Gasteiger partial charge in [0.1, 0.15) is 0 Å². The van der Waals surface area contributed by atoms with Crippen molar-refractivity contribution in [3.8, 4) is 0 Å². The minimum Gasteiger partial charge on any atom is -0.363 e. The van der Waals surface area contributed by atoms with E-state index in [2.05, 4.69) is 48.6 Å². The number of rotatable bonds is 6. The highest BCUT2D eigenvalue weighted by atomic mass is 32.2. The number of hydrogen-bond acceptors (Lipinski definition) is 2. The van der Waals surface area contributed by atoms with Gasteiger partial charge >= 0.3 is 0 Å². The second-order valence-corrected chi connectivity index (χ2v) is 4.00. The third kappa shape index (κ3) is 3.17. The first kappa shape index (κ1) is 11.9. The van der Waals surface area contributed by atoms with Crippen LogP contribution in [0.4, 0.5) is 5.69 Å². The van der Waals surface area contributed by atoms with Crippen molar-refractivity contribution in [3.63, 3.8) is 0 Å². The highest BCUT2D eigenvalue weighted by molar-refractivity contribution is 7.98. The third-order valence-corrected chi connectivity index (χ3v) is 2.91. The van der Waals surface area contributed by atoms with Gasteiger partial charge in [0.2, 0.25) is 0 Å². The molecule has 0 amide bonds. The van der Waals surface area contributed by atoms with E-state index in [0.717, 1.165) is 13.1 Å². The zero-order valence-corrected chi connectivity index (χ0v) is 9.96. The van der Waals surface area contributed by atoms with Crippen LogP contribution in [-0.4, -0.2) is 19.3 Å². The molecule has 0 aromatic heterocycles. The van der Waals surface area contributed by atoms with Crippen LogP contribution in [0.3, 0.4) is 0 Å². The van der Waals surface area contributed by atoms with E-state index in [0.29, 0.717) is 0 Å². The second-order valence-electron chi connectivity index (χ2n) is 3.15. The van der Waals surface area contributed by atoms with Crippen LogP contribution in [0.1, 0.15) is 0 Å². The van der Waals surface area contributed by atoms with Crippen LogP contribution in [-0.2, 0) is 0 Å². The van der Waals surface area contributed by atoms with E-state index in [1.165, 1.54) is 10.6 Å². The van der Waals surface area contributed by atoms with Crippen molar-refractivity contribution >= 4 is 17.4 Å². The molecule has 1 rings (SSSR count). The van der Waals surface area contributed by atoms with Gasteiger partial charge in [0.15, 0.2) is 0 Å². The van der Waals surface area contributed by atoms with E-state index in [9.17, 15) is 0 Å². The zero-order valence-electron chi connectivity index (χ0n) is 9.15. The topological polar surface area (TPSA) is 3.24 Å². The number of nitrogens with zero attached hydrogens (tertiary/aromatic N) is 1. The van der Waals surface area contributed by atoms with Gasteiger partial charge < -0.3 is 4.90 Å². The summed E-state index contributed by atoms with van der Waals surface area (Å²) in [5.74, 6) is 0. The van der Waals surface area contributed by atoms with Crippen LogP contribution in [0.5, 0.6) is 0 Å². The van der Waals surface area contributed by atoms with Crippen LogP contribution in [0, 0.1) is 0 Å². The summed E-state index contributed by atoms with van der Waals surface area (Å²) in [7, 11) is 0. The van der Waals surface area contributed by atoms with Gasteiger partial charge in [-0.25, -0.2) is 0 Å². The molecule has 15 heavy (non-hydrogen) atoms. The largest absolute Gasteiger partial charge is 0.363 e. The standard InChI is InChI=1S/C13H17NS/c1-4-10-14(11-5-2)12-8-6-7-9-13(12)15-3/h4-9H,1-2,10-11H2,3H3. The summed E-state index contributed by atoms with van der Waals surface area (Å²) in [4.78, 5) is 3.55. The molecule has 1 aromatic carbocycles. The van der Waals surface area contributed by atoms with Crippen LogP contribution in [0.25, 0.3) is 0 Å². The molecule has 0 spiro atoms. The van der Waals surface area contributed by atoms with Gasteiger partial charge in [0.05, 0.1) is 5.69 Å². The van der Waals surface area contributed by atoms with E-state index >= 15 is 0 Å². The van der Waals surface area contributed by atoms with Gasteiger partial charge in [0.25, 0.3) is 0 Å². The molecular weight excluding hydrogens is 202 g/mol. The Morgan fingerprint density at radius 1 is 1.20 bits per heavy atom. The van der Waals surface area contributed by atoms with E-state index in [-0.39, 0.29) is 0 Å². The lowest BCUT2D eigenvalue weighted by Gasteiger charge is -2.23. The number of para-hydroxylation sites is 1. The summed E-state index contributed by atoms with van der Waals surface area (Å²) in [5.41, 5.74) is 1.25. The molecule has 0 N–H and O–H groups in total. The number of hydrogen-bond donors (Lipinski definition) is 0. The van der Waals surface area contributed by atoms with Crippen molar-refractivity contribution in [2.24, 2.45) is 0 Å². The number of benzene rings is 1. The number of anilines is 1. The molecule has 0 heterocycles. The molecule has 0 bridgehead atoms. The van der Waals surface area contributed by atoms with Gasteiger partial charge in [-0.1, -0.05) is 24.3 Å². The third-order valence-electron chi connectivity index (χ3n) is 2.12. The molecule has 1 aromatic rings. The first-order valence-corrected chi connectivity index (χ1v) is 6.15. The molecule has 0 aliphatic carbocycles. The predicted octanol–water partition coefficient (Wildman–Crippen LogP) is 3.59. The normalized spacial score (nSPS) is 9.67. The fourth-order valence-electron chi connectivity index (χ4n) is 1.47. The number of thioether (sulfide) groups is 1. The highest BCUT2D eigenvalue weighted by Gasteiger charge is 2.06. The molecule has 1 nitrogen and oxygen atoms in total.